The number of nitrogens with two attached hydrogens (primary N) is 2. The molecule has 0 bridgehead atoms. The Morgan fingerprint density at radius 3 is 2.78 bits per heavy atom. The monoisotopic (exact) mass is 517 g/mol. The number of thiophene rings is 1. The fourth-order valence-electron chi connectivity index (χ4n) is 3.76. The second kappa shape index (κ2) is 11.5. The van der Waals surface area contributed by atoms with Gasteiger partial charge in [0, 0.05) is 33.9 Å². The number of hydrogen-bond acceptors (Lipinski definition) is 6. The van der Waals surface area contributed by atoms with Crippen LogP contribution in [-0.4, -0.2) is 21.7 Å². The summed E-state index contributed by atoms with van der Waals surface area (Å²) in [6.45, 7) is 4.17. The average molecular weight is 518 g/mol. The van der Waals surface area contributed by atoms with Crippen LogP contribution in [0.2, 0.25) is 0 Å². The molecule has 4 rings (SSSR count). The van der Waals surface area contributed by atoms with E-state index in [1.165, 1.54) is 12.1 Å². The third-order valence-corrected chi connectivity index (χ3v) is 6.78. The Balaban J connectivity index is 1.47. The van der Waals surface area contributed by atoms with Crippen LogP contribution < -0.4 is 22.1 Å². The molecule has 4 aromatic rings. The molecule has 0 radical (unpaired) electrons. The number of aromatic amines is 1. The summed E-state index contributed by atoms with van der Waals surface area (Å²) < 4.78 is 13.2. The van der Waals surface area contributed by atoms with Crippen molar-refractivity contribution in [1.29, 1.82) is 0 Å². The van der Waals surface area contributed by atoms with Crippen LogP contribution in [0.5, 0.6) is 0 Å². The van der Waals surface area contributed by atoms with Gasteiger partial charge in [-0.1, -0.05) is 18.2 Å². The molecule has 0 fully saturated rings. The first-order valence-corrected chi connectivity index (χ1v) is 12.4. The van der Waals surface area contributed by atoms with E-state index in [0.29, 0.717) is 35.1 Å². The maximum absolute atomic E-state index is 13.2. The highest BCUT2D eigenvalue weighted by Gasteiger charge is 2.18. The first-order chi connectivity index (χ1) is 17.9. The number of carbonyl (C=O) groups excluding carboxylic acids is 1. The van der Waals surface area contributed by atoms with Gasteiger partial charge < -0.3 is 27.1 Å². The van der Waals surface area contributed by atoms with E-state index in [2.05, 4.69) is 25.6 Å². The molecule has 0 aliphatic rings. The first kappa shape index (κ1) is 25.6. The number of carbonyl (C=O) groups is 1. The van der Waals surface area contributed by atoms with Crippen LogP contribution in [-0.2, 0) is 6.54 Å². The summed E-state index contributed by atoms with van der Waals surface area (Å²) in [6, 6.07) is 13.2. The van der Waals surface area contributed by atoms with Crippen LogP contribution >= 0.6 is 11.3 Å². The molecule has 1 unspecified atom stereocenters. The van der Waals surface area contributed by atoms with Crippen LogP contribution in [0.15, 0.2) is 78.2 Å². The lowest BCUT2D eigenvalue weighted by atomic mass is 10.1. The molecule has 1 atom stereocenters. The van der Waals surface area contributed by atoms with Gasteiger partial charge in [0.25, 0.3) is 5.91 Å². The molecule has 1 amide bonds. The number of halogens is 1. The fraction of sp³-hybridized carbons (Fsp3) is 0.148. The number of allylic oxidation sites excluding steroid dienone is 1. The molecule has 0 spiro atoms. The van der Waals surface area contributed by atoms with E-state index in [-0.39, 0.29) is 17.8 Å². The quantitative estimate of drug-likeness (QED) is 0.154. The van der Waals surface area contributed by atoms with Gasteiger partial charge in [0.05, 0.1) is 23.7 Å². The van der Waals surface area contributed by atoms with Crippen molar-refractivity contribution in [2.24, 2.45) is 10.7 Å². The Morgan fingerprint density at radius 2 is 2.03 bits per heavy atom. The van der Waals surface area contributed by atoms with Gasteiger partial charge in [-0.05, 0) is 55.8 Å². The van der Waals surface area contributed by atoms with Gasteiger partial charge >= 0.3 is 0 Å². The summed E-state index contributed by atoms with van der Waals surface area (Å²) in [5, 5.41) is 6.21. The van der Waals surface area contributed by atoms with Crippen molar-refractivity contribution in [2.45, 2.75) is 26.4 Å². The molecule has 0 saturated heterocycles. The third kappa shape index (κ3) is 6.04. The molecule has 10 heteroatoms. The maximum atomic E-state index is 13.2. The lowest BCUT2D eigenvalue weighted by molar-refractivity contribution is 0.0940. The second-order valence-corrected chi connectivity index (χ2v) is 9.42. The minimum Gasteiger partial charge on any atom is -0.385 e. The predicted molar refractivity (Wildman–Crippen MR) is 148 cm³/mol. The van der Waals surface area contributed by atoms with Crippen LogP contribution in [0.4, 0.5) is 16.0 Å². The molecule has 8 nitrogen and oxygen atoms in total. The predicted octanol–water partition coefficient (Wildman–Crippen LogP) is 5.20. The minimum absolute atomic E-state index is 0.275. The van der Waals surface area contributed by atoms with Crippen molar-refractivity contribution in [1.82, 2.24) is 15.3 Å². The molecule has 190 valence electrons. The smallest absolute Gasteiger partial charge is 0.255 e. The van der Waals surface area contributed by atoms with Crippen LogP contribution in [0, 0.1) is 5.82 Å². The number of nitrogens with zero attached hydrogens (tertiary/aromatic N) is 2. The van der Waals surface area contributed by atoms with Crippen LogP contribution in [0.3, 0.4) is 0 Å². The SMILES string of the molecule is CC=CN=C(N)c1c(-c2ccc(CNc3ncccc3C(=O)NC(C)c3ccc(F)cc3)s2)c[nH]c1N. The van der Waals surface area contributed by atoms with Crippen molar-refractivity contribution in [3.8, 4) is 10.4 Å². The topological polar surface area (TPSA) is 134 Å². The van der Waals surface area contributed by atoms with E-state index in [1.54, 1.807) is 54.1 Å². The molecule has 0 aliphatic carbocycles. The molecule has 37 heavy (non-hydrogen) atoms. The van der Waals surface area contributed by atoms with Gasteiger partial charge in [0.15, 0.2) is 0 Å². The van der Waals surface area contributed by atoms with Gasteiger partial charge in [-0.15, -0.1) is 11.3 Å². The summed E-state index contributed by atoms with van der Waals surface area (Å²) in [5.74, 6) is 0.657. The molecule has 0 saturated carbocycles. The minimum atomic E-state index is -0.320. The number of aromatic nitrogens is 2. The molecular formula is C27H28FN7OS. The number of nitrogens with one attached hydrogen (secondary N) is 3. The summed E-state index contributed by atoms with van der Waals surface area (Å²) in [4.78, 5) is 26.6. The lowest BCUT2D eigenvalue weighted by Gasteiger charge is -2.16. The Labute approximate surface area is 218 Å². The molecule has 3 aromatic heterocycles. The summed E-state index contributed by atoms with van der Waals surface area (Å²) >= 11 is 1.57. The molecule has 3 heterocycles. The standard InChI is InChI=1S/C27H28FN7OS/c1-3-12-31-24(29)23-21(15-33-25(23)30)22-11-10-19(37-22)14-34-26-20(5-4-13-32-26)27(36)35-16(2)17-6-8-18(28)9-7-17/h3-13,15-16,33H,14,30H2,1-2H3,(H2,29,31)(H,32,34)(H,35,36). The van der Waals surface area contributed by atoms with Crippen LogP contribution in [0.25, 0.3) is 10.4 Å². The van der Waals surface area contributed by atoms with E-state index >= 15 is 0 Å². The van der Waals surface area contributed by atoms with E-state index < -0.39 is 0 Å². The number of aliphatic imine (C=N–C) groups is 1. The average Bonchev–Trinajstić information content (AvgIpc) is 3.53. The second-order valence-electron chi connectivity index (χ2n) is 8.25. The van der Waals surface area contributed by atoms with Crippen molar-refractivity contribution in [2.75, 3.05) is 11.1 Å². The summed E-state index contributed by atoms with van der Waals surface area (Å²) in [6.07, 6.45) is 6.86. The normalized spacial score (nSPS) is 12.6. The third-order valence-electron chi connectivity index (χ3n) is 5.66. The van der Waals surface area contributed by atoms with E-state index in [9.17, 15) is 9.18 Å². The zero-order chi connectivity index (χ0) is 26.4. The van der Waals surface area contributed by atoms with Gasteiger partial charge in [0.1, 0.15) is 23.3 Å². The van der Waals surface area contributed by atoms with Gasteiger partial charge in [-0.2, -0.15) is 0 Å². The van der Waals surface area contributed by atoms with Crippen molar-refractivity contribution in [3.05, 3.63) is 101 Å². The van der Waals surface area contributed by atoms with Crippen LogP contribution in [0.1, 0.15) is 46.3 Å². The number of amides is 1. The Bertz CT molecular complexity index is 1440. The Hall–Kier alpha value is -4.44. The largest absolute Gasteiger partial charge is 0.385 e. The molecule has 7 N–H and O–H groups in total. The van der Waals surface area contributed by atoms with E-state index in [0.717, 1.165) is 20.9 Å². The number of hydrogen-bond donors (Lipinski definition) is 5. The van der Waals surface area contributed by atoms with Gasteiger partial charge in [-0.3, -0.25) is 4.79 Å². The highest BCUT2D eigenvalue weighted by atomic mass is 32.1. The Kier molecular flexibility index (Phi) is 7.99. The molecular weight excluding hydrogens is 489 g/mol. The van der Waals surface area contributed by atoms with Crippen molar-refractivity contribution in [3.63, 3.8) is 0 Å². The number of pyridine rings is 1. The van der Waals surface area contributed by atoms with E-state index in [1.807, 2.05) is 32.2 Å². The number of amidine groups is 1. The summed E-state index contributed by atoms with van der Waals surface area (Å²) in [7, 11) is 0. The van der Waals surface area contributed by atoms with Crippen molar-refractivity contribution >= 4 is 34.7 Å². The van der Waals surface area contributed by atoms with E-state index in [4.69, 9.17) is 11.5 Å². The maximum Gasteiger partial charge on any atom is 0.255 e. The highest BCUT2D eigenvalue weighted by molar-refractivity contribution is 7.15. The zero-order valence-corrected chi connectivity index (χ0v) is 21.3. The summed E-state index contributed by atoms with van der Waals surface area (Å²) in [5.41, 5.74) is 15.0. The van der Waals surface area contributed by atoms with Gasteiger partial charge in [0.2, 0.25) is 0 Å². The van der Waals surface area contributed by atoms with Crippen molar-refractivity contribution < 1.29 is 9.18 Å². The zero-order valence-electron chi connectivity index (χ0n) is 20.5. The number of H-pyrrole nitrogens is 1. The number of rotatable bonds is 9. The lowest BCUT2D eigenvalue weighted by Crippen LogP contribution is -2.27. The number of nitrogen functional groups attached to an aromatic ring is 1. The number of anilines is 2. The first-order valence-electron chi connectivity index (χ1n) is 11.6. The number of benzene rings is 1. The highest BCUT2D eigenvalue weighted by Crippen LogP contribution is 2.33. The molecule has 1 aromatic carbocycles. The Morgan fingerprint density at radius 1 is 1.24 bits per heavy atom. The molecule has 0 aliphatic heterocycles. The fourth-order valence-corrected chi connectivity index (χ4v) is 4.73. The van der Waals surface area contributed by atoms with Gasteiger partial charge in [-0.25, -0.2) is 14.4 Å².